The lowest BCUT2D eigenvalue weighted by Gasteiger charge is -2.14. The maximum absolute atomic E-state index is 13.2. The van der Waals surface area contributed by atoms with E-state index in [1.54, 1.807) is 36.4 Å². The van der Waals surface area contributed by atoms with E-state index in [-0.39, 0.29) is 0 Å². The van der Waals surface area contributed by atoms with E-state index in [1.165, 1.54) is 19.2 Å². The lowest BCUT2D eigenvalue weighted by atomic mass is 9.98. The zero-order chi connectivity index (χ0) is 23.9. The molecule has 0 aliphatic carbocycles. The van der Waals surface area contributed by atoms with Crippen molar-refractivity contribution in [3.05, 3.63) is 96.1 Å². The van der Waals surface area contributed by atoms with Gasteiger partial charge in [0.2, 0.25) is 0 Å². The van der Waals surface area contributed by atoms with Crippen LogP contribution in [0.1, 0.15) is 15.9 Å². The Morgan fingerprint density at radius 3 is 2.29 bits per heavy atom. The molecule has 0 fully saturated rings. The summed E-state index contributed by atoms with van der Waals surface area (Å²) in [6.45, 7) is 0. The highest BCUT2D eigenvalue weighted by atomic mass is 19.4. The second-order valence-electron chi connectivity index (χ2n) is 7.72. The van der Waals surface area contributed by atoms with E-state index in [1.807, 2.05) is 24.3 Å². The molecule has 5 aromatic rings. The minimum atomic E-state index is -4.43. The number of anilines is 1. The molecule has 4 nitrogen and oxygen atoms in total. The summed E-state index contributed by atoms with van der Waals surface area (Å²) in [5.74, 6) is 0.0312. The van der Waals surface area contributed by atoms with Gasteiger partial charge in [0.1, 0.15) is 16.9 Å². The first-order chi connectivity index (χ1) is 16.3. The summed E-state index contributed by atoms with van der Waals surface area (Å²) in [4.78, 5) is 13.2. The van der Waals surface area contributed by atoms with Crippen LogP contribution >= 0.6 is 0 Å². The third-order valence-corrected chi connectivity index (χ3v) is 5.64. The van der Waals surface area contributed by atoms with Gasteiger partial charge in [-0.3, -0.25) is 4.79 Å². The largest absolute Gasteiger partial charge is 0.495 e. The van der Waals surface area contributed by atoms with Gasteiger partial charge in [0.25, 0.3) is 5.91 Å². The molecule has 0 saturated heterocycles. The maximum Gasteiger partial charge on any atom is 0.416 e. The number of carbonyl (C=O) groups excluding carboxylic acids is 1. The van der Waals surface area contributed by atoms with Crippen LogP contribution in [0.3, 0.4) is 0 Å². The summed E-state index contributed by atoms with van der Waals surface area (Å²) in [5.41, 5.74) is 2.30. The highest BCUT2D eigenvalue weighted by Crippen LogP contribution is 2.37. The normalized spacial score (nSPS) is 11.6. The van der Waals surface area contributed by atoms with Crippen LogP contribution in [-0.2, 0) is 6.18 Å². The summed E-state index contributed by atoms with van der Waals surface area (Å²) in [6, 6.07) is 22.6. The molecule has 0 atom stereocenters. The molecule has 7 heteroatoms. The Morgan fingerprint density at radius 2 is 1.56 bits per heavy atom. The summed E-state index contributed by atoms with van der Waals surface area (Å²) in [7, 11) is 1.51. The molecule has 0 radical (unpaired) electrons. The van der Waals surface area contributed by atoms with Gasteiger partial charge in [0.15, 0.2) is 0 Å². The van der Waals surface area contributed by atoms with Crippen LogP contribution in [0.5, 0.6) is 5.75 Å². The van der Waals surface area contributed by atoms with Crippen molar-refractivity contribution < 1.29 is 27.1 Å². The number of furan rings is 1. The smallest absolute Gasteiger partial charge is 0.416 e. The third kappa shape index (κ3) is 3.85. The first-order valence-electron chi connectivity index (χ1n) is 10.4. The third-order valence-electron chi connectivity index (χ3n) is 5.64. The van der Waals surface area contributed by atoms with Gasteiger partial charge in [0.05, 0.1) is 18.4 Å². The number of alkyl halides is 3. The first kappa shape index (κ1) is 21.6. The maximum atomic E-state index is 13.2. The summed E-state index contributed by atoms with van der Waals surface area (Å²) < 4.78 is 50.2. The van der Waals surface area contributed by atoms with Gasteiger partial charge in [0, 0.05) is 22.4 Å². The second kappa shape index (κ2) is 8.26. The fraction of sp³-hybridized carbons (Fsp3) is 0.0741. The van der Waals surface area contributed by atoms with Crippen molar-refractivity contribution in [3.63, 3.8) is 0 Å². The molecule has 0 saturated carbocycles. The van der Waals surface area contributed by atoms with Gasteiger partial charge in [-0.25, -0.2) is 0 Å². The van der Waals surface area contributed by atoms with Crippen molar-refractivity contribution in [2.75, 3.05) is 12.4 Å². The van der Waals surface area contributed by atoms with Crippen LogP contribution < -0.4 is 10.1 Å². The number of fused-ring (bicyclic) bond motifs is 3. The average Bonchev–Trinajstić information content (AvgIpc) is 3.20. The number of amides is 1. The lowest BCUT2D eigenvalue weighted by Crippen LogP contribution is -2.14. The van der Waals surface area contributed by atoms with Crippen molar-refractivity contribution in [1.82, 2.24) is 0 Å². The Bertz CT molecular complexity index is 1520. The predicted octanol–water partition coefficient (Wildman–Crippen LogP) is 7.53. The standard InChI is InChI=1S/C27H18F3NO3/c1-33-25-14-21-19-7-4-5-9-23(19)34-24(21)15-22(25)31-26(32)20-8-3-2-6-18(20)16-10-12-17(13-11-16)27(28,29)30/h2-15H,1H3,(H,31,32). The molecule has 1 heterocycles. The number of ether oxygens (including phenoxy) is 1. The Morgan fingerprint density at radius 1 is 0.853 bits per heavy atom. The van der Waals surface area contributed by atoms with E-state index < -0.39 is 17.6 Å². The molecular formula is C27H18F3NO3. The highest BCUT2D eigenvalue weighted by Gasteiger charge is 2.30. The van der Waals surface area contributed by atoms with E-state index >= 15 is 0 Å². The van der Waals surface area contributed by atoms with Gasteiger partial charge in [-0.15, -0.1) is 0 Å². The SMILES string of the molecule is COc1cc2c(cc1NC(=O)c1ccccc1-c1ccc(C(F)(F)F)cc1)oc1ccccc12. The van der Waals surface area contributed by atoms with Crippen LogP contribution in [0, 0.1) is 0 Å². The van der Waals surface area contributed by atoms with E-state index in [0.29, 0.717) is 33.7 Å². The van der Waals surface area contributed by atoms with E-state index in [9.17, 15) is 18.0 Å². The van der Waals surface area contributed by atoms with Gasteiger partial charge >= 0.3 is 6.18 Å². The number of hydrogen-bond acceptors (Lipinski definition) is 3. The number of para-hydroxylation sites is 1. The second-order valence-corrected chi connectivity index (χ2v) is 7.72. The molecule has 170 valence electrons. The van der Waals surface area contributed by atoms with Crippen molar-refractivity contribution >= 4 is 33.5 Å². The number of carbonyl (C=O) groups is 1. The predicted molar refractivity (Wildman–Crippen MR) is 125 cm³/mol. The van der Waals surface area contributed by atoms with E-state index in [4.69, 9.17) is 9.15 Å². The minimum absolute atomic E-state index is 0.314. The fourth-order valence-electron chi connectivity index (χ4n) is 3.98. The van der Waals surface area contributed by atoms with Crippen molar-refractivity contribution in [2.45, 2.75) is 6.18 Å². The lowest BCUT2D eigenvalue weighted by molar-refractivity contribution is -0.137. The molecule has 0 unspecified atom stereocenters. The molecule has 0 aliphatic rings. The van der Waals surface area contributed by atoms with Crippen LogP contribution in [0.25, 0.3) is 33.1 Å². The molecule has 5 rings (SSSR count). The van der Waals surface area contributed by atoms with Crippen molar-refractivity contribution in [2.24, 2.45) is 0 Å². The zero-order valence-electron chi connectivity index (χ0n) is 17.9. The number of hydrogen-bond donors (Lipinski definition) is 1. The Kier molecular flexibility index (Phi) is 5.24. The molecule has 34 heavy (non-hydrogen) atoms. The molecule has 0 aliphatic heterocycles. The molecule has 0 spiro atoms. The summed E-state index contributed by atoms with van der Waals surface area (Å²) >= 11 is 0. The number of benzene rings is 4. The van der Waals surface area contributed by atoms with Crippen molar-refractivity contribution in [3.8, 4) is 16.9 Å². The molecule has 4 aromatic carbocycles. The van der Waals surface area contributed by atoms with Gasteiger partial charge in [-0.1, -0.05) is 48.5 Å². The topological polar surface area (TPSA) is 51.5 Å². The number of nitrogens with one attached hydrogen (secondary N) is 1. The van der Waals surface area contributed by atoms with Crippen LogP contribution in [-0.4, -0.2) is 13.0 Å². The summed E-state index contributed by atoms with van der Waals surface area (Å²) in [6.07, 6.45) is -4.43. The Hall–Kier alpha value is -4.26. The highest BCUT2D eigenvalue weighted by molar-refractivity contribution is 6.12. The van der Waals surface area contributed by atoms with Crippen LogP contribution in [0.4, 0.5) is 18.9 Å². The van der Waals surface area contributed by atoms with Gasteiger partial charge in [-0.05, 0) is 41.5 Å². The number of rotatable bonds is 4. The quantitative estimate of drug-likeness (QED) is 0.301. The Labute approximate surface area is 192 Å². The van der Waals surface area contributed by atoms with Crippen LogP contribution in [0.2, 0.25) is 0 Å². The number of methoxy groups -OCH3 is 1. The summed E-state index contributed by atoms with van der Waals surface area (Å²) in [5, 5.41) is 4.64. The average molecular weight is 461 g/mol. The first-order valence-corrected chi connectivity index (χ1v) is 10.4. The molecular weight excluding hydrogens is 443 g/mol. The minimum Gasteiger partial charge on any atom is -0.495 e. The Balaban J connectivity index is 1.51. The zero-order valence-corrected chi connectivity index (χ0v) is 17.9. The van der Waals surface area contributed by atoms with Crippen molar-refractivity contribution in [1.29, 1.82) is 0 Å². The fourth-order valence-corrected chi connectivity index (χ4v) is 3.98. The molecule has 1 aromatic heterocycles. The number of halogens is 3. The van der Waals surface area contributed by atoms with E-state index in [2.05, 4.69) is 5.32 Å². The van der Waals surface area contributed by atoms with Crippen LogP contribution in [0.15, 0.2) is 89.3 Å². The molecule has 1 N–H and O–H groups in total. The van der Waals surface area contributed by atoms with Gasteiger partial charge in [-0.2, -0.15) is 13.2 Å². The van der Waals surface area contributed by atoms with Gasteiger partial charge < -0.3 is 14.5 Å². The monoisotopic (exact) mass is 461 g/mol. The molecule has 1 amide bonds. The van der Waals surface area contributed by atoms with E-state index in [0.717, 1.165) is 28.5 Å². The molecule has 0 bridgehead atoms.